The van der Waals surface area contributed by atoms with Crippen molar-refractivity contribution >= 4 is 22.0 Å². The highest BCUT2D eigenvalue weighted by Gasteiger charge is 2.21. The van der Waals surface area contributed by atoms with Crippen molar-refractivity contribution in [2.75, 3.05) is 0 Å². The second kappa shape index (κ2) is 4.61. The molecule has 1 heteroatoms. The van der Waals surface area contributed by atoms with Crippen LogP contribution in [0.5, 0.6) is 0 Å². The summed E-state index contributed by atoms with van der Waals surface area (Å²) in [6, 6.07) is 2.46. The second-order valence-electron chi connectivity index (χ2n) is 5.33. The Labute approximate surface area is 112 Å². The number of rotatable bonds is 2. The van der Waals surface area contributed by atoms with E-state index in [1.807, 2.05) is 0 Å². The summed E-state index contributed by atoms with van der Waals surface area (Å²) < 4.78 is 1.42. The zero-order valence-corrected chi connectivity index (χ0v) is 12.1. The van der Waals surface area contributed by atoms with Gasteiger partial charge in [-0.05, 0) is 60.8 Å². The number of allylic oxidation sites excluding steroid dienone is 1. The third-order valence-electron chi connectivity index (χ3n) is 4.05. The number of benzene rings is 1. The Hall–Kier alpha value is -0.560. The molecular formula is C16H19Br. The zero-order chi connectivity index (χ0) is 11.8. The smallest absolute Gasteiger partial charge is 0.0251 e. The van der Waals surface area contributed by atoms with Crippen molar-refractivity contribution in [3.63, 3.8) is 0 Å². The van der Waals surface area contributed by atoms with Gasteiger partial charge in [0.1, 0.15) is 0 Å². The van der Waals surface area contributed by atoms with Crippen LogP contribution >= 0.6 is 15.9 Å². The highest BCUT2D eigenvalue weighted by Crippen LogP contribution is 2.39. The van der Waals surface area contributed by atoms with E-state index >= 15 is 0 Å². The average molecular weight is 291 g/mol. The molecule has 0 radical (unpaired) electrons. The molecule has 0 aliphatic heterocycles. The highest BCUT2D eigenvalue weighted by atomic mass is 79.9. The van der Waals surface area contributed by atoms with E-state index in [-0.39, 0.29) is 0 Å². The van der Waals surface area contributed by atoms with Gasteiger partial charge >= 0.3 is 0 Å². The van der Waals surface area contributed by atoms with Gasteiger partial charge in [-0.1, -0.05) is 47.0 Å². The summed E-state index contributed by atoms with van der Waals surface area (Å²) in [6.07, 6.45) is 11.4. The van der Waals surface area contributed by atoms with Crippen LogP contribution in [0.3, 0.4) is 0 Å². The summed E-state index contributed by atoms with van der Waals surface area (Å²) in [4.78, 5) is 0. The van der Waals surface area contributed by atoms with Crippen molar-refractivity contribution in [1.82, 2.24) is 0 Å². The van der Waals surface area contributed by atoms with Crippen LogP contribution in [0.2, 0.25) is 0 Å². The lowest BCUT2D eigenvalue weighted by atomic mass is 9.88. The van der Waals surface area contributed by atoms with E-state index in [1.165, 1.54) is 55.0 Å². The fraction of sp³-hybridized carbons (Fsp3) is 0.500. The van der Waals surface area contributed by atoms with Gasteiger partial charge in [-0.15, -0.1) is 0 Å². The third kappa shape index (κ3) is 1.99. The maximum Gasteiger partial charge on any atom is 0.0251 e. The van der Waals surface area contributed by atoms with Crippen molar-refractivity contribution in [3.05, 3.63) is 38.4 Å². The molecule has 1 aromatic rings. The van der Waals surface area contributed by atoms with E-state index in [9.17, 15) is 0 Å². The van der Waals surface area contributed by atoms with Gasteiger partial charge in [-0.3, -0.25) is 0 Å². The Morgan fingerprint density at radius 3 is 2.82 bits per heavy atom. The molecule has 0 N–H and O–H groups in total. The number of hydrogen-bond donors (Lipinski definition) is 0. The first-order valence-corrected chi connectivity index (χ1v) is 7.61. The number of fused-ring (bicyclic) bond motifs is 2. The first kappa shape index (κ1) is 11.5. The number of halogens is 1. The van der Waals surface area contributed by atoms with Crippen molar-refractivity contribution in [2.45, 2.75) is 51.9 Å². The van der Waals surface area contributed by atoms with Crippen LogP contribution in [0.4, 0.5) is 0 Å². The van der Waals surface area contributed by atoms with Crippen molar-refractivity contribution in [1.29, 1.82) is 0 Å². The molecule has 90 valence electrons. The monoisotopic (exact) mass is 290 g/mol. The minimum absolute atomic E-state index is 1.18. The molecule has 0 nitrogen and oxygen atoms in total. The number of hydrogen-bond acceptors (Lipinski definition) is 0. The van der Waals surface area contributed by atoms with Crippen molar-refractivity contribution < 1.29 is 0 Å². The van der Waals surface area contributed by atoms with Gasteiger partial charge in [0.2, 0.25) is 0 Å². The van der Waals surface area contributed by atoms with Gasteiger partial charge < -0.3 is 0 Å². The van der Waals surface area contributed by atoms with Crippen molar-refractivity contribution in [3.8, 4) is 0 Å². The fourth-order valence-electron chi connectivity index (χ4n) is 3.21. The highest BCUT2D eigenvalue weighted by molar-refractivity contribution is 9.10. The maximum atomic E-state index is 3.86. The first-order chi connectivity index (χ1) is 8.29. The van der Waals surface area contributed by atoms with Gasteiger partial charge in [0.15, 0.2) is 0 Å². The molecule has 0 aromatic heterocycles. The lowest BCUT2D eigenvalue weighted by molar-refractivity contribution is 0.681. The van der Waals surface area contributed by atoms with Crippen LogP contribution in [-0.4, -0.2) is 0 Å². The molecule has 0 saturated carbocycles. The molecule has 2 aliphatic carbocycles. The molecule has 2 aliphatic rings. The van der Waals surface area contributed by atoms with Gasteiger partial charge in [0.25, 0.3) is 0 Å². The molecule has 0 saturated heterocycles. The Morgan fingerprint density at radius 2 is 2.00 bits per heavy atom. The van der Waals surface area contributed by atoms with Crippen LogP contribution in [0.15, 0.2) is 16.1 Å². The fourth-order valence-corrected chi connectivity index (χ4v) is 4.03. The van der Waals surface area contributed by atoms with Crippen molar-refractivity contribution in [2.24, 2.45) is 0 Å². The minimum atomic E-state index is 1.18. The van der Waals surface area contributed by atoms with Crippen LogP contribution < -0.4 is 0 Å². The van der Waals surface area contributed by atoms with E-state index in [2.05, 4.69) is 35.0 Å². The summed E-state index contributed by atoms with van der Waals surface area (Å²) >= 11 is 3.86. The van der Waals surface area contributed by atoms with Gasteiger partial charge in [0.05, 0.1) is 0 Å². The molecule has 0 heterocycles. The molecule has 0 unspecified atom stereocenters. The molecule has 3 rings (SSSR count). The normalized spacial score (nSPS) is 17.6. The summed E-state index contributed by atoms with van der Waals surface area (Å²) in [6.45, 7) is 2.27. The lowest BCUT2D eigenvalue weighted by Crippen LogP contribution is -2.05. The van der Waals surface area contributed by atoms with Gasteiger partial charge in [0, 0.05) is 4.47 Å². The Balaban J connectivity index is 2.03. The van der Waals surface area contributed by atoms with E-state index in [0.29, 0.717) is 0 Å². The maximum absolute atomic E-state index is 3.86. The quantitative estimate of drug-likeness (QED) is 0.714. The lowest BCUT2D eigenvalue weighted by Gasteiger charge is -2.19. The topological polar surface area (TPSA) is 0 Å². The summed E-state index contributed by atoms with van der Waals surface area (Å²) in [5.74, 6) is 0. The predicted molar refractivity (Wildman–Crippen MR) is 77.4 cm³/mol. The van der Waals surface area contributed by atoms with Gasteiger partial charge in [-0.25, -0.2) is 0 Å². The van der Waals surface area contributed by atoms with E-state index in [1.54, 1.807) is 22.3 Å². The minimum Gasteiger partial charge on any atom is -0.0652 e. The van der Waals surface area contributed by atoms with Crippen LogP contribution in [-0.2, 0) is 19.3 Å². The molecule has 1 aromatic carbocycles. The average Bonchev–Trinajstić information content (AvgIpc) is 2.73. The van der Waals surface area contributed by atoms with E-state index in [0.717, 1.165) is 0 Å². The summed E-state index contributed by atoms with van der Waals surface area (Å²) in [5, 5.41) is 0. The van der Waals surface area contributed by atoms with Crippen LogP contribution in [0, 0.1) is 0 Å². The molecule has 17 heavy (non-hydrogen) atoms. The zero-order valence-electron chi connectivity index (χ0n) is 10.5. The molecule has 0 spiro atoms. The number of aryl methyl sites for hydroxylation is 1. The van der Waals surface area contributed by atoms with E-state index in [4.69, 9.17) is 0 Å². The third-order valence-corrected chi connectivity index (χ3v) is 5.01. The SMILES string of the molecule is CCCC1=Cc2cc3c(c(Br)c2C1)CCCC3. The Morgan fingerprint density at radius 1 is 1.18 bits per heavy atom. The predicted octanol–water partition coefficient (Wildman–Crippen LogP) is 5.07. The summed E-state index contributed by atoms with van der Waals surface area (Å²) in [7, 11) is 0. The molecule has 0 atom stereocenters. The van der Waals surface area contributed by atoms with E-state index < -0.39 is 0 Å². The largest absolute Gasteiger partial charge is 0.0652 e. The van der Waals surface area contributed by atoms with Crippen LogP contribution in [0.25, 0.3) is 6.08 Å². The standard InChI is InChI=1S/C16H19Br/c1-2-5-11-8-13-10-12-6-3-4-7-14(12)16(17)15(13)9-11/h8,10H,2-7,9H2,1H3. The Kier molecular flexibility index (Phi) is 3.12. The van der Waals surface area contributed by atoms with Crippen LogP contribution in [0.1, 0.15) is 54.9 Å². The Bertz CT molecular complexity index is 483. The molecule has 0 amide bonds. The van der Waals surface area contributed by atoms with Gasteiger partial charge in [-0.2, -0.15) is 0 Å². The molecular weight excluding hydrogens is 272 g/mol. The molecule has 0 fully saturated rings. The summed E-state index contributed by atoms with van der Waals surface area (Å²) in [5.41, 5.74) is 7.85. The first-order valence-electron chi connectivity index (χ1n) is 6.82. The second-order valence-corrected chi connectivity index (χ2v) is 6.13. The molecule has 0 bridgehead atoms.